The Morgan fingerprint density at radius 3 is 2.47 bits per heavy atom. The number of carbonyl (C=O) groups is 2. The van der Waals surface area contributed by atoms with Crippen molar-refractivity contribution in [2.24, 2.45) is 0 Å². The van der Waals surface area contributed by atoms with Crippen LogP contribution in [-0.4, -0.2) is 17.0 Å². The van der Waals surface area contributed by atoms with E-state index in [1.165, 1.54) is 6.07 Å². The van der Waals surface area contributed by atoms with E-state index in [0.717, 1.165) is 16.3 Å². The van der Waals surface area contributed by atoms with Crippen molar-refractivity contribution in [1.29, 1.82) is 0 Å². The zero-order valence-electron chi connectivity index (χ0n) is 17.3. The van der Waals surface area contributed by atoms with Crippen LogP contribution in [0.5, 0.6) is 0 Å². The molecule has 5 nitrogen and oxygen atoms in total. The lowest BCUT2D eigenvalue weighted by Crippen LogP contribution is -2.30. The molecule has 0 aliphatic heterocycles. The molecule has 1 heterocycles. The first-order valence-corrected chi connectivity index (χ1v) is 10.3. The third-order valence-corrected chi connectivity index (χ3v) is 5.29. The van der Waals surface area contributed by atoms with Gasteiger partial charge in [-0.05, 0) is 46.7 Å². The molecule has 1 atom stereocenters. The second-order valence-corrected chi connectivity index (χ2v) is 7.57. The fourth-order valence-corrected chi connectivity index (χ4v) is 3.67. The number of benzene rings is 3. The van der Waals surface area contributed by atoms with Crippen molar-refractivity contribution in [2.45, 2.75) is 25.3 Å². The molecule has 32 heavy (non-hydrogen) atoms. The lowest BCUT2D eigenvalue weighted by molar-refractivity contribution is -0.137. The fourth-order valence-electron chi connectivity index (χ4n) is 3.67. The SMILES string of the molecule is O=C(O)C[C@H](NC(=O)CCc1ccc(-c2ccccc2F)o1)c1ccc2ccccc2c1. The number of aliphatic carboxylic acids is 1. The summed E-state index contributed by atoms with van der Waals surface area (Å²) in [5.41, 5.74) is 1.10. The van der Waals surface area contributed by atoms with Crippen molar-refractivity contribution in [3.05, 3.63) is 96.0 Å². The quantitative estimate of drug-likeness (QED) is 0.386. The summed E-state index contributed by atoms with van der Waals surface area (Å²) in [7, 11) is 0. The minimum atomic E-state index is -0.996. The summed E-state index contributed by atoms with van der Waals surface area (Å²) >= 11 is 0. The first-order valence-electron chi connectivity index (χ1n) is 10.3. The molecule has 162 valence electrons. The second-order valence-electron chi connectivity index (χ2n) is 7.57. The number of carboxylic acids is 1. The van der Waals surface area contributed by atoms with Gasteiger partial charge < -0.3 is 14.8 Å². The van der Waals surface area contributed by atoms with E-state index in [1.807, 2.05) is 42.5 Å². The van der Waals surface area contributed by atoms with Gasteiger partial charge in [0.2, 0.25) is 5.91 Å². The third kappa shape index (κ3) is 5.03. The molecule has 2 N–H and O–H groups in total. The molecule has 0 aliphatic rings. The van der Waals surface area contributed by atoms with Crippen LogP contribution in [-0.2, 0) is 16.0 Å². The normalized spacial score (nSPS) is 11.9. The maximum Gasteiger partial charge on any atom is 0.305 e. The van der Waals surface area contributed by atoms with Crippen LogP contribution in [0, 0.1) is 5.82 Å². The van der Waals surface area contributed by atoms with Gasteiger partial charge in [-0.2, -0.15) is 0 Å². The summed E-state index contributed by atoms with van der Waals surface area (Å²) in [6, 6.07) is 22.5. The molecule has 0 aliphatic carbocycles. The van der Waals surface area contributed by atoms with Gasteiger partial charge in [0.1, 0.15) is 17.3 Å². The first-order chi connectivity index (χ1) is 15.5. The number of furan rings is 1. The largest absolute Gasteiger partial charge is 0.481 e. The lowest BCUT2D eigenvalue weighted by atomic mass is 9.99. The summed E-state index contributed by atoms with van der Waals surface area (Å²) < 4.78 is 19.6. The highest BCUT2D eigenvalue weighted by Crippen LogP contribution is 2.26. The van der Waals surface area contributed by atoms with E-state index in [4.69, 9.17) is 4.42 Å². The van der Waals surface area contributed by atoms with Gasteiger partial charge in [-0.15, -0.1) is 0 Å². The standard InChI is InChI=1S/C26H22FNO4/c27-22-8-4-3-7-21(22)24-13-11-20(32-24)12-14-25(29)28-23(16-26(30)31)19-10-9-17-5-1-2-6-18(17)15-19/h1-11,13,15,23H,12,14,16H2,(H,28,29)(H,30,31)/t23-/m0/s1. The number of fused-ring (bicyclic) bond motifs is 1. The third-order valence-electron chi connectivity index (χ3n) is 5.29. The molecule has 1 amide bonds. The molecule has 0 saturated carbocycles. The number of amides is 1. The van der Waals surface area contributed by atoms with Gasteiger partial charge >= 0.3 is 5.97 Å². The smallest absolute Gasteiger partial charge is 0.305 e. The highest BCUT2D eigenvalue weighted by molar-refractivity contribution is 5.84. The molecule has 0 bridgehead atoms. The minimum absolute atomic E-state index is 0.119. The number of rotatable bonds is 8. The van der Waals surface area contributed by atoms with Crippen molar-refractivity contribution in [1.82, 2.24) is 5.32 Å². The number of hydrogen-bond acceptors (Lipinski definition) is 3. The van der Waals surface area contributed by atoms with Crippen LogP contribution < -0.4 is 5.32 Å². The molecule has 6 heteroatoms. The molecule has 0 unspecified atom stereocenters. The topological polar surface area (TPSA) is 79.5 Å². The van der Waals surface area contributed by atoms with Crippen molar-refractivity contribution >= 4 is 22.6 Å². The van der Waals surface area contributed by atoms with Crippen LogP contribution in [0.3, 0.4) is 0 Å². The van der Waals surface area contributed by atoms with Gasteiger partial charge in [0.05, 0.1) is 18.0 Å². The number of carboxylic acid groups (broad SMARTS) is 1. The Kier molecular flexibility index (Phi) is 6.31. The maximum absolute atomic E-state index is 13.9. The fraction of sp³-hybridized carbons (Fsp3) is 0.154. The zero-order chi connectivity index (χ0) is 22.5. The Morgan fingerprint density at radius 1 is 0.938 bits per heavy atom. The average Bonchev–Trinajstić information content (AvgIpc) is 3.26. The maximum atomic E-state index is 13.9. The van der Waals surface area contributed by atoms with Crippen molar-refractivity contribution in [3.63, 3.8) is 0 Å². The number of hydrogen-bond donors (Lipinski definition) is 2. The van der Waals surface area contributed by atoms with Crippen LogP contribution in [0.15, 0.2) is 83.3 Å². The highest BCUT2D eigenvalue weighted by Gasteiger charge is 2.19. The molecule has 4 aromatic rings. The van der Waals surface area contributed by atoms with Gasteiger partial charge in [-0.1, -0.05) is 48.5 Å². The number of halogens is 1. The molecular formula is C26H22FNO4. The van der Waals surface area contributed by atoms with E-state index in [9.17, 15) is 19.1 Å². The van der Waals surface area contributed by atoms with Crippen molar-refractivity contribution in [3.8, 4) is 11.3 Å². The van der Waals surface area contributed by atoms with Crippen LogP contribution in [0.4, 0.5) is 4.39 Å². The van der Waals surface area contributed by atoms with Gasteiger partial charge in [0.25, 0.3) is 0 Å². The van der Waals surface area contributed by atoms with E-state index in [2.05, 4.69) is 5.32 Å². The van der Waals surface area contributed by atoms with E-state index in [-0.39, 0.29) is 24.6 Å². The van der Waals surface area contributed by atoms with Gasteiger partial charge in [0, 0.05) is 12.8 Å². The average molecular weight is 431 g/mol. The van der Waals surface area contributed by atoms with Crippen LogP contribution in [0.1, 0.15) is 30.2 Å². The Hall–Kier alpha value is -3.93. The summed E-state index contributed by atoms with van der Waals surface area (Å²) in [5, 5.41) is 14.2. The second kappa shape index (κ2) is 9.47. The van der Waals surface area contributed by atoms with Crippen LogP contribution >= 0.6 is 0 Å². The zero-order valence-corrected chi connectivity index (χ0v) is 17.3. The summed E-state index contributed by atoms with van der Waals surface area (Å²) in [5.74, 6) is -0.701. The van der Waals surface area contributed by atoms with Gasteiger partial charge in [-0.3, -0.25) is 9.59 Å². The van der Waals surface area contributed by atoms with Crippen molar-refractivity contribution < 1.29 is 23.5 Å². The number of carbonyl (C=O) groups excluding carboxylic acids is 1. The van der Waals surface area contributed by atoms with E-state index < -0.39 is 12.0 Å². The minimum Gasteiger partial charge on any atom is -0.481 e. The van der Waals surface area contributed by atoms with Crippen LogP contribution in [0.25, 0.3) is 22.1 Å². The van der Waals surface area contributed by atoms with E-state index in [1.54, 1.807) is 30.3 Å². The number of aryl methyl sites for hydroxylation is 1. The predicted octanol–water partition coefficient (Wildman–Crippen LogP) is 5.50. The van der Waals surface area contributed by atoms with Crippen molar-refractivity contribution in [2.75, 3.05) is 0 Å². The Bertz CT molecular complexity index is 1260. The summed E-state index contributed by atoms with van der Waals surface area (Å²) in [4.78, 5) is 23.9. The predicted molar refractivity (Wildman–Crippen MR) is 120 cm³/mol. The van der Waals surface area contributed by atoms with Gasteiger partial charge in [-0.25, -0.2) is 4.39 Å². The Labute approximate surface area is 184 Å². The molecule has 0 saturated heterocycles. The molecule has 0 radical (unpaired) electrons. The summed E-state index contributed by atoms with van der Waals surface area (Å²) in [6.07, 6.45) is 0.216. The molecule has 0 fully saturated rings. The Balaban J connectivity index is 1.42. The van der Waals surface area contributed by atoms with Gasteiger partial charge in [0.15, 0.2) is 0 Å². The van der Waals surface area contributed by atoms with E-state index in [0.29, 0.717) is 23.5 Å². The molecule has 0 spiro atoms. The monoisotopic (exact) mass is 431 g/mol. The van der Waals surface area contributed by atoms with E-state index >= 15 is 0 Å². The summed E-state index contributed by atoms with van der Waals surface area (Å²) in [6.45, 7) is 0. The Morgan fingerprint density at radius 2 is 1.69 bits per heavy atom. The molecular weight excluding hydrogens is 409 g/mol. The molecule has 1 aromatic heterocycles. The lowest BCUT2D eigenvalue weighted by Gasteiger charge is -2.18. The first kappa shape index (κ1) is 21.3. The highest BCUT2D eigenvalue weighted by atomic mass is 19.1. The number of nitrogens with one attached hydrogen (secondary N) is 1. The molecule has 3 aromatic carbocycles. The van der Waals surface area contributed by atoms with Crippen LogP contribution in [0.2, 0.25) is 0 Å². The molecule has 4 rings (SSSR count).